The van der Waals surface area contributed by atoms with E-state index in [-0.39, 0.29) is 16.9 Å². The zero-order valence-electron chi connectivity index (χ0n) is 16.6. The molecule has 3 rings (SSSR count). The molecule has 0 unspecified atom stereocenters. The largest absolute Gasteiger partial charge is 0.495 e. The second kappa shape index (κ2) is 8.81. The number of halogens is 2. The summed E-state index contributed by atoms with van der Waals surface area (Å²) in [5, 5.41) is 5.45. The van der Waals surface area contributed by atoms with Gasteiger partial charge in [-0.1, -0.05) is 30.3 Å². The van der Waals surface area contributed by atoms with Crippen molar-refractivity contribution < 1.29 is 27.8 Å². The van der Waals surface area contributed by atoms with Crippen LogP contribution >= 0.6 is 0 Å². The molecule has 1 atom stereocenters. The van der Waals surface area contributed by atoms with E-state index in [0.29, 0.717) is 17.1 Å². The molecule has 1 heterocycles. The van der Waals surface area contributed by atoms with Gasteiger partial charge in [0, 0.05) is 18.3 Å². The molecule has 0 saturated heterocycles. The van der Waals surface area contributed by atoms with Gasteiger partial charge in [0.05, 0.1) is 24.4 Å². The fourth-order valence-corrected chi connectivity index (χ4v) is 3.22. The Morgan fingerprint density at radius 3 is 2.43 bits per heavy atom. The zero-order valence-corrected chi connectivity index (χ0v) is 16.6. The van der Waals surface area contributed by atoms with E-state index < -0.39 is 24.6 Å². The fourth-order valence-electron chi connectivity index (χ4n) is 3.22. The van der Waals surface area contributed by atoms with Crippen LogP contribution in [0.25, 0.3) is 0 Å². The first-order valence-corrected chi connectivity index (χ1v) is 9.06. The van der Waals surface area contributed by atoms with E-state index in [1.54, 1.807) is 37.3 Å². The highest BCUT2D eigenvalue weighted by molar-refractivity contribution is 6.07. The summed E-state index contributed by atoms with van der Waals surface area (Å²) in [6.07, 6.45) is 0. The lowest BCUT2D eigenvalue weighted by Crippen LogP contribution is -2.46. The van der Waals surface area contributed by atoms with Gasteiger partial charge in [0.15, 0.2) is 0 Å². The number of urea groups is 1. The van der Waals surface area contributed by atoms with E-state index in [1.165, 1.54) is 37.3 Å². The van der Waals surface area contributed by atoms with E-state index in [4.69, 9.17) is 4.74 Å². The van der Waals surface area contributed by atoms with Crippen LogP contribution in [0.1, 0.15) is 18.5 Å². The molecule has 0 spiro atoms. The second-order valence-electron chi connectivity index (χ2n) is 6.51. The van der Waals surface area contributed by atoms with Crippen LogP contribution < -0.4 is 20.1 Å². The van der Waals surface area contributed by atoms with Crippen molar-refractivity contribution in [3.63, 3.8) is 0 Å². The SMILES string of the molecule is COc1ccccc1NC(=O)C1=C(C)N(C)C(=O)N[C@H]1c1ccccc1OC(F)F. The number of hydrogen-bond acceptors (Lipinski definition) is 4. The Labute approximate surface area is 172 Å². The average Bonchev–Trinajstić information content (AvgIpc) is 2.72. The van der Waals surface area contributed by atoms with Crippen molar-refractivity contribution in [2.24, 2.45) is 0 Å². The summed E-state index contributed by atoms with van der Waals surface area (Å²) >= 11 is 0. The fraction of sp³-hybridized carbons (Fsp3) is 0.238. The molecule has 7 nitrogen and oxygen atoms in total. The quantitative estimate of drug-likeness (QED) is 0.747. The normalized spacial score (nSPS) is 16.4. The summed E-state index contributed by atoms with van der Waals surface area (Å²) < 4.78 is 35.6. The highest BCUT2D eigenvalue weighted by Crippen LogP contribution is 2.36. The van der Waals surface area contributed by atoms with Gasteiger partial charge in [0.2, 0.25) is 0 Å². The third-order valence-electron chi connectivity index (χ3n) is 4.80. The minimum absolute atomic E-state index is 0.127. The highest BCUT2D eigenvalue weighted by atomic mass is 19.3. The second-order valence-corrected chi connectivity index (χ2v) is 6.51. The Bertz CT molecular complexity index is 994. The first-order chi connectivity index (χ1) is 14.3. The number of allylic oxidation sites excluding steroid dienone is 1. The standard InChI is InChI=1S/C21H21F2N3O4/c1-12-17(19(27)24-14-9-5-7-11-16(14)29-3)18(25-21(28)26(12)2)13-8-4-6-10-15(13)30-20(22)23/h4-11,18,20H,1-3H3,(H,24,27)(H,25,28)/t18-/m0/s1. The monoisotopic (exact) mass is 417 g/mol. The van der Waals surface area contributed by atoms with Gasteiger partial charge in [0.25, 0.3) is 5.91 Å². The van der Waals surface area contributed by atoms with Gasteiger partial charge >= 0.3 is 12.6 Å². The van der Waals surface area contributed by atoms with Crippen molar-refractivity contribution in [2.75, 3.05) is 19.5 Å². The lowest BCUT2D eigenvalue weighted by atomic mass is 9.93. The smallest absolute Gasteiger partial charge is 0.387 e. The van der Waals surface area contributed by atoms with Crippen LogP contribution in [-0.4, -0.2) is 37.6 Å². The number of nitrogens with zero attached hydrogens (tertiary/aromatic N) is 1. The molecule has 2 aromatic rings. The zero-order chi connectivity index (χ0) is 21.8. The van der Waals surface area contributed by atoms with Crippen molar-refractivity contribution in [3.8, 4) is 11.5 Å². The van der Waals surface area contributed by atoms with Gasteiger partial charge in [0.1, 0.15) is 11.5 Å². The molecule has 158 valence electrons. The van der Waals surface area contributed by atoms with Crippen molar-refractivity contribution in [1.29, 1.82) is 0 Å². The summed E-state index contributed by atoms with van der Waals surface area (Å²) in [7, 11) is 2.99. The molecule has 0 aromatic heterocycles. The summed E-state index contributed by atoms with van der Waals surface area (Å²) in [5.74, 6) is -0.186. The van der Waals surface area contributed by atoms with Gasteiger partial charge in [-0.3, -0.25) is 4.79 Å². The topological polar surface area (TPSA) is 79.9 Å². The van der Waals surface area contributed by atoms with Crippen LogP contribution in [0.15, 0.2) is 59.8 Å². The summed E-state index contributed by atoms with van der Waals surface area (Å²) in [6, 6.07) is 11.4. The van der Waals surface area contributed by atoms with Crippen molar-refractivity contribution in [3.05, 3.63) is 65.4 Å². The van der Waals surface area contributed by atoms with Crippen molar-refractivity contribution in [1.82, 2.24) is 10.2 Å². The van der Waals surface area contributed by atoms with Crippen LogP contribution in [0.3, 0.4) is 0 Å². The number of amides is 3. The molecule has 3 amide bonds. The molecular formula is C21H21F2N3O4. The maximum atomic E-state index is 13.2. The Kier molecular flexibility index (Phi) is 6.20. The number of hydrogen-bond donors (Lipinski definition) is 2. The molecule has 0 radical (unpaired) electrons. The molecule has 2 aromatic carbocycles. The maximum absolute atomic E-state index is 13.2. The number of methoxy groups -OCH3 is 1. The minimum Gasteiger partial charge on any atom is -0.495 e. The van der Waals surface area contributed by atoms with Crippen LogP contribution in [0.4, 0.5) is 19.3 Å². The number of benzene rings is 2. The molecule has 0 bridgehead atoms. The lowest BCUT2D eigenvalue weighted by molar-refractivity contribution is -0.113. The molecule has 0 saturated carbocycles. The number of ether oxygens (including phenoxy) is 2. The predicted molar refractivity (Wildman–Crippen MR) is 106 cm³/mol. The molecule has 2 N–H and O–H groups in total. The number of para-hydroxylation sites is 3. The van der Waals surface area contributed by atoms with Crippen LogP contribution in [0, 0.1) is 0 Å². The van der Waals surface area contributed by atoms with E-state index in [2.05, 4.69) is 15.4 Å². The van der Waals surface area contributed by atoms with Crippen LogP contribution in [0.2, 0.25) is 0 Å². The van der Waals surface area contributed by atoms with E-state index in [0.717, 1.165) is 0 Å². The molecule has 1 aliphatic heterocycles. The van der Waals surface area contributed by atoms with E-state index in [1.807, 2.05) is 0 Å². The van der Waals surface area contributed by atoms with Crippen molar-refractivity contribution in [2.45, 2.75) is 19.6 Å². The first kappa shape index (κ1) is 21.1. The predicted octanol–water partition coefficient (Wildman–Crippen LogP) is 3.91. The van der Waals surface area contributed by atoms with Gasteiger partial charge in [-0.05, 0) is 25.1 Å². The summed E-state index contributed by atoms with van der Waals surface area (Å²) in [4.78, 5) is 26.9. The molecule has 0 fully saturated rings. The number of rotatable bonds is 6. The number of alkyl halides is 2. The van der Waals surface area contributed by atoms with Crippen LogP contribution in [-0.2, 0) is 4.79 Å². The van der Waals surface area contributed by atoms with Gasteiger partial charge in [-0.15, -0.1) is 0 Å². The van der Waals surface area contributed by atoms with Gasteiger partial charge < -0.3 is 25.0 Å². The molecule has 1 aliphatic rings. The first-order valence-electron chi connectivity index (χ1n) is 9.06. The Hall–Kier alpha value is -3.62. The van der Waals surface area contributed by atoms with E-state index >= 15 is 0 Å². The number of nitrogens with one attached hydrogen (secondary N) is 2. The summed E-state index contributed by atoms with van der Waals surface area (Å²) in [6.45, 7) is -1.44. The molecule has 9 heteroatoms. The van der Waals surface area contributed by atoms with Crippen LogP contribution in [0.5, 0.6) is 11.5 Å². The third kappa shape index (κ3) is 4.19. The average molecular weight is 417 g/mol. The van der Waals surface area contributed by atoms with Crippen molar-refractivity contribution >= 4 is 17.6 Å². The lowest BCUT2D eigenvalue weighted by Gasteiger charge is -2.34. The molecular weight excluding hydrogens is 396 g/mol. The number of carbonyl (C=O) groups is 2. The molecule has 30 heavy (non-hydrogen) atoms. The highest BCUT2D eigenvalue weighted by Gasteiger charge is 2.36. The van der Waals surface area contributed by atoms with E-state index in [9.17, 15) is 18.4 Å². The Morgan fingerprint density at radius 2 is 1.77 bits per heavy atom. The Morgan fingerprint density at radius 1 is 1.13 bits per heavy atom. The molecule has 0 aliphatic carbocycles. The number of anilines is 1. The Balaban J connectivity index is 2.05. The minimum atomic E-state index is -3.05. The van der Waals surface area contributed by atoms with Gasteiger partial charge in [-0.2, -0.15) is 8.78 Å². The van der Waals surface area contributed by atoms with Gasteiger partial charge in [-0.25, -0.2) is 4.79 Å². The number of carbonyl (C=O) groups excluding carboxylic acids is 2. The summed E-state index contributed by atoms with van der Waals surface area (Å²) in [5.41, 5.74) is 1.24. The maximum Gasteiger partial charge on any atom is 0.387 e. The third-order valence-corrected chi connectivity index (χ3v) is 4.80.